The quantitative estimate of drug-likeness (QED) is 0.770. The molecule has 20 heavy (non-hydrogen) atoms. The monoisotopic (exact) mass is 295 g/mol. The van der Waals surface area contributed by atoms with E-state index in [0.717, 1.165) is 0 Å². The number of thiophene rings is 1. The lowest BCUT2D eigenvalue weighted by Gasteiger charge is -2.15. The lowest BCUT2D eigenvalue weighted by Crippen LogP contribution is -2.31. The van der Waals surface area contributed by atoms with Crippen molar-refractivity contribution in [2.75, 3.05) is 32.1 Å². The van der Waals surface area contributed by atoms with Crippen LogP contribution in [0.5, 0.6) is 0 Å². The van der Waals surface area contributed by atoms with E-state index in [-0.39, 0.29) is 24.8 Å². The molecule has 0 bridgehead atoms. The summed E-state index contributed by atoms with van der Waals surface area (Å²) in [6, 6.07) is 3.67. The number of nitrogens with one attached hydrogen (secondary N) is 1. The summed E-state index contributed by atoms with van der Waals surface area (Å²) in [4.78, 5) is 24.7. The highest BCUT2D eigenvalue weighted by Gasteiger charge is 2.11. The maximum Gasteiger partial charge on any atom is 0.307 e. The number of likely N-dealkylation sites (N-methyl/N-ethyl adjacent to an activating group) is 1. The number of carbonyl (C=O) groups is 2. The highest BCUT2D eigenvalue weighted by atomic mass is 32.1. The molecule has 6 nitrogen and oxygen atoms in total. The van der Waals surface area contributed by atoms with Crippen LogP contribution in [0, 0.1) is 11.3 Å². The van der Waals surface area contributed by atoms with Gasteiger partial charge in [-0.3, -0.25) is 14.5 Å². The van der Waals surface area contributed by atoms with Gasteiger partial charge in [0.1, 0.15) is 11.1 Å². The van der Waals surface area contributed by atoms with E-state index < -0.39 is 0 Å². The fraction of sp³-hybridized carbons (Fsp3) is 0.462. The Morgan fingerprint density at radius 2 is 2.30 bits per heavy atom. The highest BCUT2D eigenvalue weighted by molar-refractivity contribution is 7.14. The zero-order chi connectivity index (χ0) is 15.0. The number of carbonyl (C=O) groups excluding carboxylic acids is 2. The predicted molar refractivity (Wildman–Crippen MR) is 76.4 cm³/mol. The molecule has 0 aromatic carbocycles. The van der Waals surface area contributed by atoms with Gasteiger partial charge in [-0.05, 0) is 25.4 Å². The van der Waals surface area contributed by atoms with Gasteiger partial charge in [0, 0.05) is 6.54 Å². The summed E-state index contributed by atoms with van der Waals surface area (Å²) in [5, 5.41) is 13.8. The van der Waals surface area contributed by atoms with Crippen LogP contribution in [-0.4, -0.2) is 43.5 Å². The summed E-state index contributed by atoms with van der Waals surface area (Å²) in [6.07, 6.45) is 0.250. The molecule has 0 spiro atoms. The first-order valence-corrected chi connectivity index (χ1v) is 7.06. The van der Waals surface area contributed by atoms with Gasteiger partial charge >= 0.3 is 5.97 Å². The summed E-state index contributed by atoms with van der Waals surface area (Å²) < 4.78 is 4.81. The van der Waals surface area contributed by atoms with Crippen LogP contribution < -0.4 is 5.32 Å². The molecule has 0 unspecified atom stereocenters. The Morgan fingerprint density at radius 3 is 2.95 bits per heavy atom. The Bertz CT molecular complexity index is 507. The van der Waals surface area contributed by atoms with Crippen LogP contribution in [0.4, 0.5) is 5.00 Å². The summed E-state index contributed by atoms with van der Waals surface area (Å²) in [5.74, 6) is -0.486. The molecule has 7 heteroatoms. The largest absolute Gasteiger partial charge is 0.466 e. The molecule has 1 heterocycles. The first kappa shape index (κ1) is 16.1. The van der Waals surface area contributed by atoms with Gasteiger partial charge in [-0.25, -0.2) is 0 Å². The second kappa shape index (κ2) is 8.30. The van der Waals surface area contributed by atoms with Gasteiger partial charge < -0.3 is 10.1 Å². The third kappa shape index (κ3) is 5.38. The first-order valence-electron chi connectivity index (χ1n) is 6.18. The molecule has 0 saturated carbocycles. The van der Waals surface area contributed by atoms with Crippen molar-refractivity contribution in [3.05, 3.63) is 17.0 Å². The first-order chi connectivity index (χ1) is 9.56. The minimum absolute atomic E-state index is 0.155. The molecule has 0 radical (unpaired) electrons. The Hall–Kier alpha value is -1.91. The minimum Gasteiger partial charge on any atom is -0.466 e. The van der Waals surface area contributed by atoms with Gasteiger partial charge in [-0.15, -0.1) is 11.3 Å². The SMILES string of the molecule is CCOC(=O)CCN(C)CC(=O)Nc1sccc1C#N. The Kier molecular flexibility index (Phi) is 6.70. The molecule has 1 N–H and O–H groups in total. The van der Waals surface area contributed by atoms with Gasteiger partial charge in [0.15, 0.2) is 0 Å². The van der Waals surface area contributed by atoms with Crippen LogP contribution in [0.2, 0.25) is 0 Å². The number of hydrogen-bond donors (Lipinski definition) is 1. The van der Waals surface area contributed by atoms with Crippen LogP contribution in [0.1, 0.15) is 18.9 Å². The van der Waals surface area contributed by atoms with Crippen molar-refractivity contribution in [1.82, 2.24) is 4.90 Å². The van der Waals surface area contributed by atoms with Crippen LogP contribution in [0.3, 0.4) is 0 Å². The Morgan fingerprint density at radius 1 is 1.55 bits per heavy atom. The molecular weight excluding hydrogens is 278 g/mol. The van der Waals surface area contributed by atoms with Crippen LogP contribution >= 0.6 is 11.3 Å². The molecule has 1 amide bonds. The number of rotatable bonds is 7. The van der Waals surface area contributed by atoms with Crippen molar-refractivity contribution in [2.24, 2.45) is 0 Å². The molecule has 108 valence electrons. The van der Waals surface area contributed by atoms with Crippen molar-refractivity contribution in [1.29, 1.82) is 5.26 Å². The van der Waals surface area contributed by atoms with E-state index in [9.17, 15) is 9.59 Å². The fourth-order valence-electron chi connectivity index (χ4n) is 1.50. The Balaban J connectivity index is 2.35. The van der Waals surface area contributed by atoms with E-state index in [4.69, 9.17) is 10.00 Å². The Labute approximate surface area is 121 Å². The van der Waals surface area contributed by atoms with Crippen molar-refractivity contribution in [3.63, 3.8) is 0 Å². The van der Waals surface area contributed by atoms with Crippen molar-refractivity contribution >= 4 is 28.2 Å². The second-order valence-electron chi connectivity index (χ2n) is 4.12. The fourth-order valence-corrected chi connectivity index (χ4v) is 2.25. The van der Waals surface area contributed by atoms with Crippen molar-refractivity contribution in [2.45, 2.75) is 13.3 Å². The van der Waals surface area contributed by atoms with Gasteiger partial charge in [-0.1, -0.05) is 0 Å². The lowest BCUT2D eigenvalue weighted by atomic mass is 10.3. The number of amides is 1. The number of nitrogens with zero attached hydrogens (tertiary/aromatic N) is 2. The van der Waals surface area contributed by atoms with E-state index in [1.165, 1.54) is 11.3 Å². The van der Waals surface area contributed by atoms with Crippen LogP contribution in [-0.2, 0) is 14.3 Å². The normalized spacial score (nSPS) is 10.1. The highest BCUT2D eigenvalue weighted by Crippen LogP contribution is 2.21. The van der Waals surface area contributed by atoms with Crippen LogP contribution in [0.25, 0.3) is 0 Å². The smallest absolute Gasteiger partial charge is 0.307 e. The standard InChI is InChI=1S/C13H17N3O3S/c1-3-19-12(18)4-6-16(2)9-11(17)15-13-10(8-14)5-7-20-13/h5,7H,3-4,6,9H2,1-2H3,(H,15,17). The van der Waals surface area contributed by atoms with Crippen molar-refractivity contribution in [3.8, 4) is 6.07 Å². The topological polar surface area (TPSA) is 82.4 Å². The maximum absolute atomic E-state index is 11.8. The predicted octanol–water partition coefficient (Wildman–Crippen LogP) is 1.44. The van der Waals surface area contributed by atoms with E-state index >= 15 is 0 Å². The zero-order valence-electron chi connectivity index (χ0n) is 11.5. The van der Waals surface area contributed by atoms with Gasteiger partial charge in [-0.2, -0.15) is 5.26 Å². The summed E-state index contributed by atoms with van der Waals surface area (Å²) in [7, 11) is 1.75. The van der Waals surface area contributed by atoms with E-state index in [2.05, 4.69) is 5.32 Å². The van der Waals surface area contributed by atoms with E-state index in [1.54, 1.807) is 30.3 Å². The van der Waals surface area contributed by atoms with Crippen LogP contribution in [0.15, 0.2) is 11.4 Å². The average Bonchev–Trinajstić information content (AvgIpc) is 2.83. The van der Waals surface area contributed by atoms with Gasteiger partial charge in [0.05, 0.1) is 25.1 Å². The molecule has 0 aliphatic rings. The molecule has 0 atom stereocenters. The van der Waals surface area contributed by atoms with Gasteiger partial charge in [0.25, 0.3) is 0 Å². The molecule has 1 aromatic rings. The third-order valence-electron chi connectivity index (χ3n) is 2.46. The third-order valence-corrected chi connectivity index (χ3v) is 3.28. The zero-order valence-corrected chi connectivity index (χ0v) is 12.3. The van der Waals surface area contributed by atoms with E-state index in [1.807, 2.05) is 6.07 Å². The average molecular weight is 295 g/mol. The number of esters is 1. The number of ether oxygens (including phenoxy) is 1. The summed E-state index contributed by atoms with van der Waals surface area (Å²) >= 11 is 1.31. The summed E-state index contributed by atoms with van der Waals surface area (Å²) in [5.41, 5.74) is 0.456. The number of hydrogen-bond acceptors (Lipinski definition) is 6. The summed E-state index contributed by atoms with van der Waals surface area (Å²) in [6.45, 7) is 2.71. The molecule has 0 aliphatic carbocycles. The molecule has 0 aliphatic heterocycles. The second-order valence-corrected chi connectivity index (χ2v) is 5.03. The van der Waals surface area contributed by atoms with E-state index in [0.29, 0.717) is 23.7 Å². The molecule has 1 rings (SSSR count). The molecule has 1 aromatic heterocycles. The number of anilines is 1. The lowest BCUT2D eigenvalue weighted by molar-refractivity contribution is -0.143. The maximum atomic E-state index is 11.8. The molecule has 0 fully saturated rings. The molecule has 0 saturated heterocycles. The minimum atomic E-state index is -0.273. The number of nitriles is 1. The van der Waals surface area contributed by atoms with Crippen molar-refractivity contribution < 1.29 is 14.3 Å². The van der Waals surface area contributed by atoms with Gasteiger partial charge in [0.2, 0.25) is 5.91 Å². The molecular formula is C13H17N3O3S.